The van der Waals surface area contributed by atoms with Crippen molar-refractivity contribution < 1.29 is 4.74 Å². The summed E-state index contributed by atoms with van der Waals surface area (Å²) in [5.41, 5.74) is 0.642. The SMILES string of the molecule is CNc1nc(NC2(C)CCOC2)c2cn[nH]c2n1. The molecule has 0 bridgehead atoms. The molecular weight excluding hydrogens is 232 g/mol. The lowest BCUT2D eigenvalue weighted by Crippen LogP contribution is -2.35. The molecule has 1 atom stereocenters. The molecular formula is C11H16N6O. The highest BCUT2D eigenvalue weighted by atomic mass is 16.5. The molecule has 1 aliphatic heterocycles. The molecule has 3 rings (SSSR count). The molecule has 18 heavy (non-hydrogen) atoms. The summed E-state index contributed by atoms with van der Waals surface area (Å²) in [5, 5.41) is 14.1. The molecule has 0 saturated carbocycles. The zero-order valence-corrected chi connectivity index (χ0v) is 10.4. The van der Waals surface area contributed by atoms with Crippen LogP contribution in [0.25, 0.3) is 11.0 Å². The zero-order chi connectivity index (χ0) is 12.6. The Kier molecular flexibility index (Phi) is 2.55. The predicted molar refractivity (Wildman–Crippen MR) is 68.7 cm³/mol. The van der Waals surface area contributed by atoms with Gasteiger partial charge in [0.2, 0.25) is 5.95 Å². The van der Waals surface area contributed by atoms with Crippen molar-refractivity contribution in [2.45, 2.75) is 18.9 Å². The van der Waals surface area contributed by atoms with Gasteiger partial charge in [-0.25, -0.2) is 0 Å². The largest absolute Gasteiger partial charge is 0.379 e. The number of aromatic nitrogens is 4. The Labute approximate surface area is 104 Å². The van der Waals surface area contributed by atoms with E-state index in [9.17, 15) is 0 Å². The van der Waals surface area contributed by atoms with Gasteiger partial charge in [0.15, 0.2) is 5.65 Å². The second kappa shape index (κ2) is 4.09. The standard InChI is InChI=1S/C11H16N6O/c1-11(3-4-18-6-11)16-8-7-5-13-17-9(7)15-10(12-2)14-8/h5H,3-4,6H2,1-2H3,(H3,12,13,14,15,16,17). The third kappa shape index (κ3) is 1.86. The number of ether oxygens (including phenoxy) is 1. The topological polar surface area (TPSA) is 87.8 Å². The van der Waals surface area contributed by atoms with Gasteiger partial charge >= 0.3 is 0 Å². The van der Waals surface area contributed by atoms with Gasteiger partial charge in [-0.05, 0) is 13.3 Å². The highest BCUT2D eigenvalue weighted by Gasteiger charge is 2.30. The molecule has 2 aromatic rings. The van der Waals surface area contributed by atoms with Crippen LogP contribution in [0.5, 0.6) is 0 Å². The van der Waals surface area contributed by atoms with E-state index in [1.807, 2.05) is 0 Å². The van der Waals surface area contributed by atoms with E-state index in [2.05, 4.69) is 37.7 Å². The quantitative estimate of drug-likeness (QED) is 0.750. The first-order valence-electron chi connectivity index (χ1n) is 5.95. The minimum atomic E-state index is -0.0798. The van der Waals surface area contributed by atoms with E-state index >= 15 is 0 Å². The predicted octanol–water partition coefficient (Wildman–Crippen LogP) is 0.985. The molecule has 0 amide bonds. The normalized spacial score (nSPS) is 23.4. The number of anilines is 2. The van der Waals surface area contributed by atoms with Crippen LogP contribution in [0, 0.1) is 0 Å². The first-order valence-corrected chi connectivity index (χ1v) is 5.95. The molecule has 2 aromatic heterocycles. The molecule has 0 aromatic carbocycles. The molecule has 0 radical (unpaired) electrons. The van der Waals surface area contributed by atoms with Crippen molar-refractivity contribution in [1.82, 2.24) is 20.2 Å². The van der Waals surface area contributed by atoms with Crippen LogP contribution < -0.4 is 10.6 Å². The summed E-state index contributed by atoms with van der Waals surface area (Å²) in [6.07, 6.45) is 2.70. The summed E-state index contributed by atoms with van der Waals surface area (Å²) in [4.78, 5) is 8.75. The molecule has 0 aliphatic carbocycles. The number of aromatic amines is 1. The molecule has 96 valence electrons. The molecule has 7 heteroatoms. The number of H-pyrrole nitrogens is 1. The summed E-state index contributed by atoms with van der Waals surface area (Å²) in [5.74, 6) is 1.35. The Morgan fingerprint density at radius 2 is 2.33 bits per heavy atom. The van der Waals surface area contributed by atoms with Crippen molar-refractivity contribution in [1.29, 1.82) is 0 Å². The van der Waals surface area contributed by atoms with Crippen molar-refractivity contribution in [3.05, 3.63) is 6.20 Å². The van der Waals surface area contributed by atoms with E-state index in [0.29, 0.717) is 12.6 Å². The van der Waals surface area contributed by atoms with Gasteiger partial charge in [-0.1, -0.05) is 0 Å². The fourth-order valence-corrected chi connectivity index (χ4v) is 2.09. The molecule has 0 spiro atoms. The van der Waals surface area contributed by atoms with Gasteiger partial charge in [0, 0.05) is 13.7 Å². The van der Waals surface area contributed by atoms with Gasteiger partial charge < -0.3 is 15.4 Å². The zero-order valence-electron chi connectivity index (χ0n) is 10.4. The van der Waals surface area contributed by atoms with Gasteiger partial charge in [-0.15, -0.1) is 0 Å². The molecule has 1 unspecified atom stereocenters. The Hall–Kier alpha value is -1.89. The number of hydrogen-bond donors (Lipinski definition) is 3. The lowest BCUT2D eigenvalue weighted by Gasteiger charge is -2.24. The van der Waals surface area contributed by atoms with Crippen LogP contribution in [-0.2, 0) is 4.74 Å². The fraction of sp³-hybridized carbons (Fsp3) is 0.545. The minimum Gasteiger partial charge on any atom is -0.379 e. The van der Waals surface area contributed by atoms with Crippen LogP contribution in [-0.4, -0.2) is 46.0 Å². The number of fused-ring (bicyclic) bond motifs is 1. The molecule has 1 saturated heterocycles. The van der Waals surface area contributed by atoms with Gasteiger partial charge in [0.25, 0.3) is 0 Å². The van der Waals surface area contributed by atoms with Gasteiger partial charge in [0.05, 0.1) is 23.7 Å². The second-order valence-electron chi connectivity index (χ2n) is 4.77. The number of nitrogens with zero attached hydrogens (tertiary/aromatic N) is 3. The first kappa shape index (κ1) is 11.2. The summed E-state index contributed by atoms with van der Waals surface area (Å²) in [6, 6.07) is 0. The lowest BCUT2D eigenvalue weighted by atomic mass is 10.0. The summed E-state index contributed by atoms with van der Waals surface area (Å²) in [6.45, 7) is 3.60. The van der Waals surface area contributed by atoms with Crippen LogP contribution in [0.15, 0.2) is 6.20 Å². The van der Waals surface area contributed by atoms with Crippen LogP contribution in [0.3, 0.4) is 0 Å². The van der Waals surface area contributed by atoms with Gasteiger partial charge in [-0.2, -0.15) is 15.1 Å². The van der Waals surface area contributed by atoms with E-state index in [1.54, 1.807) is 13.2 Å². The van der Waals surface area contributed by atoms with E-state index in [0.717, 1.165) is 29.9 Å². The highest BCUT2D eigenvalue weighted by molar-refractivity contribution is 5.87. The van der Waals surface area contributed by atoms with Crippen LogP contribution in [0.2, 0.25) is 0 Å². The Morgan fingerprint density at radius 1 is 1.44 bits per heavy atom. The average Bonchev–Trinajstić information content (AvgIpc) is 2.97. The number of hydrogen-bond acceptors (Lipinski definition) is 6. The number of rotatable bonds is 3. The minimum absolute atomic E-state index is 0.0798. The molecule has 1 fully saturated rings. The van der Waals surface area contributed by atoms with E-state index in [1.165, 1.54) is 0 Å². The average molecular weight is 248 g/mol. The Morgan fingerprint density at radius 3 is 3.06 bits per heavy atom. The Balaban J connectivity index is 2.01. The maximum Gasteiger partial charge on any atom is 0.226 e. The van der Waals surface area contributed by atoms with Gasteiger partial charge in [-0.3, -0.25) is 5.10 Å². The smallest absolute Gasteiger partial charge is 0.226 e. The van der Waals surface area contributed by atoms with Crippen molar-refractivity contribution in [2.75, 3.05) is 30.9 Å². The van der Waals surface area contributed by atoms with Crippen LogP contribution >= 0.6 is 0 Å². The van der Waals surface area contributed by atoms with Crippen LogP contribution in [0.1, 0.15) is 13.3 Å². The third-order valence-electron chi connectivity index (χ3n) is 3.17. The summed E-state index contributed by atoms with van der Waals surface area (Å²) >= 11 is 0. The number of nitrogens with one attached hydrogen (secondary N) is 3. The second-order valence-corrected chi connectivity index (χ2v) is 4.77. The van der Waals surface area contributed by atoms with Crippen LogP contribution in [0.4, 0.5) is 11.8 Å². The maximum atomic E-state index is 5.44. The van der Waals surface area contributed by atoms with Crippen molar-refractivity contribution >= 4 is 22.8 Å². The Bertz CT molecular complexity index is 560. The summed E-state index contributed by atoms with van der Waals surface area (Å²) in [7, 11) is 1.79. The van der Waals surface area contributed by atoms with E-state index in [4.69, 9.17) is 4.74 Å². The molecule has 3 heterocycles. The fourth-order valence-electron chi connectivity index (χ4n) is 2.09. The van der Waals surface area contributed by atoms with Gasteiger partial charge in [0.1, 0.15) is 5.82 Å². The third-order valence-corrected chi connectivity index (χ3v) is 3.17. The van der Waals surface area contributed by atoms with E-state index < -0.39 is 0 Å². The molecule has 1 aliphatic rings. The molecule has 3 N–H and O–H groups in total. The summed E-state index contributed by atoms with van der Waals surface area (Å²) < 4.78 is 5.44. The molecule has 7 nitrogen and oxygen atoms in total. The van der Waals surface area contributed by atoms with Crippen molar-refractivity contribution in [3.63, 3.8) is 0 Å². The maximum absolute atomic E-state index is 5.44. The highest BCUT2D eigenvalue weighted by Crippen LogP contribution is 2.27. The lowest BCUT2D eigenvalue weighted by molar-refractivity contribution is 0.185. The van der Waals surface area contributed by atoms with E-state index in [-0.39, 0.29) is 5.54 Å². The first-order chi connectivity index (χ1) is 8.70. The van der Waals surface area contributed by atoms with Crippen molar-refractivity contribution in [3.8, 4) is 0 Å². The monoisotopic (exact) mass is 248 g/mol. The van der Waals surface area contributed by atoms with Crippen molar-refractivity contribution in [2.24, 2.45) is 0 Å².